The molecule has 1 amide bonds. The number of hydrogen-bond donors (Lipinski definition) is 1. The SMILES string of the molecule is COc1cc2c(cc1NC(=O)COC(=O)c1ccc(C)c(F)c1)oc1ccccc12. The molecule has 0 aliphatic heterocycles. The second-order valence-electron chi connectivity index (χ2n) is 6.74. The van der Waals surface area contributed by atoms with Crippen LogP contribution in [0.3, 0.4) is 0 Å². The maximum atomic E-state index is 13.6. The maximum absolute atomic E-state index is 13.6. The molecule has 0 spiro atoms. The van der Waals surface area contributed by atoms with Crippen molar-refractivity contribution in [2.75, 3.05) is 19.0 Å². The second kappa shape index (κ2) is 7.87. The van der Waals surface area contributed by atoms with E-state index >= 15 is 0 Å². The van der Waals surface area contributed by atoms with Gasteiger partial charge in [-0.25, -0.2) is 9.18 Å². The van der Waals surface area contributed by atoms with E-state index in [2.05, 4.69) is 5.32 Å². The quantitative estimate of drug-likeness (QED) is 0.479. The number of halogens is 1. The molecule has 4 aromatic rings. The van der Waals surface area contributed by atoms with Gasteiger partial charge in [0.2, 0.25) is 0 Å². The van der Waals surface area contributed by atoms with Gasteiger partial charge in [-0.05, 0) is 36.8 Å². The van der Waals surface area contributed by atoms with Crippen LogP contribution >= 0.6 is 0 Å². The van der Waals surface area contributed by atoms with Gasteiger partial charge in [-0.2, -0.15) is 0 Å². The van der Waals surface area contributed by atoms with E-state index in [4.69, 9.17) is 13.9 Å². The first-order valence-electron chi connectivity index (χ1n) is 9.18. The predicted molar refractivity (Wildman–Crippen MR) is 110 cm³/mol. The Bertz CT molecular complexity index is 1280. The minimum absolute atomic E-state index is 0.0344. The van der Waals surface area contributed by atoms with Crippen LogP contribution in [0.5, 0.6) is 5.75 Å². The first kappa shape index (κ1) is 19.4. The summed E-state index contributed by atoms with van der Waals surface area (Å²) in [6, 6.07) is 15.0. The van der Waals surface area contributed by atoms with E-state index in [0.717, 1.165) is 22.4 Å². The molecule has 0 radical (unpaired) electrons. The van der Waals surface area contributed by atoms with Crippen molar-refractivity contribution in [3.63, 3.8) is 0 Å². The van der Waals surface area contributed by atoms with Crippen LogP contribution in [0.25, 0.3) is 21.9 Å². The summed E-state index contributed by atoms with van der Waals surface area (Å²) in [7, 11) is 1.49. The minimum Gasteiger partial charge on any atom is -0.495 e. The standard InChI is InChI=1S/C23H18FNO5/c1-13-7-8-14(9-17(13)24)23(27)29-12-22(26)25-18-11-20-16(10-21(18)28-2)15-5-3-4-6-19(15)30-20/h3-11H,12H2,1-2H3,(H,25,26). The fourth-order valence-electron chi connectivity index (χ4n) is 3.14. The number of carbonyl (C=O) groups is 2. The normalized spacial score (nSPS) is 10.9. The highest BCUT2D eigenvalue weighted by Crippen LogP contribution is 2.36. The summed E-state index contributed by atoms with van der Waals surface area (Å²) < 4.78 is 29.8. The number of anilines is 1. The fraction of sp³-hybridized carbons (Fsp3) is 0.130. The van der Waals surface area contributed by atoms with E-state index in [9.17, 15) is 14.0 Å². The van der Waals surface area contributed by atoms with Gasteiger partial charge in [0.25, 0.3) is 5.91 Å². The first-order chi connectivity index (χ1) is 14.5. The Hall–Kier alpha value is -3.87. The number of para-hydroxylation sites is 1. The van der Waals surface area contributed by atoms with Crippen molar-refractivity contribution in [2.45, 2.75) is 6.92 Å². The highest BCUT2D eigenvalue weighted by Gasteiger charge is 2.16. The number of ether oxygens (including phenoxy) is 2. The van der Waals surface area contributed by atoms with Gasteiger partial charge in [0, 0.05) is 16.8 Å². The molecule has 0 aliphatic rings. The van der Waals surface area contributed by atoms with Crippen LogP contribution in [0, 0.1) is 12.7 Å². The van der Waals surface area contributed by atoms with E-state index in [0.29, 0.717) is 22.6 Å². The van der Waals surface area contributed by atoms with E-state index in [-0.39, 0.29) is 5.56 Å². The average Bonchev–Trinajstić information content (AvgIpc) is 3.10. The van der Waals surface area contributed by atoms with Crippen LogP contribution in [0.1, 0.15) is 15.9 Å². The molecule has 0 aliphatic carbocycles. The summed E-state index contributed by atoms with van der Waals surface area (Å²) in [5, 5.41) is 4.44. The van der Waals surface area contributed by atoms with Crippen molar-refractivity contribution >= 4 is 39.5 Å². The van der Waals surface area contributed by atoms with Crippen molar-refractivity contribution in [3.8, 4) is 5.75 Å². The number of carbonyl (C=O) groups excluding carboxylic acids is 2. The van der Waals surface area contributed by atoms with Crippen molar-refractivity contribution < 1.29 is 27.9 Å². The van der Waals surface area contributed by atoms with Gasteiger partial charge in [-0.15, -0.1) is 0 Å². The molecule has 1 aromatic heterocycles. The Morgan fingerprint density at radius 3 is 2.60 bits per heavy atom. The highest BCUT2D eigenvalue weighted by molar-refractivity contribution is 6.08. The zero-order chi connectivity index (χ0) is 21.3. The van der Waals surface area contributed by atoms with Crippen molar-refractivity contribution in [1.29, 1.82) is 0 Å². The molecule has 6 nitrogen and oxygen atoms in total. The molecule has 7 heteroatoms. The number of rotatable bonds is 5. The van der Waals surface area contributed by atoms with Gasteiger partial charge in [-0.3, -0.25) is 4.79 Å². The average molecular weight is 407 g/mol. The fourth-order valence-corrected chi connectivity index (χ4v) is 3.14. The van der Waals surface area contributed by atoms with E-state index in [1.54, 1.807) is 19.1 Å². The highest BCUT2D eigenvalue weighted by atomic mass is 19.1. The topological polar surface area (TPSA) is 77.8 Å². The second-order valence-corrected chi connectivity index (χ2v) is 6.74. The molecule has 0 saturated heterocycles. The lowest BCUT2D eigenvalue weighted by Crippen LogP contribution is -2.21. The van der Waals surface area contributed by atoms with Crippen molar-refractivity contribution in [2.24, 2.45) is 0 Å². The molecule has 1 N–H and O–H groups in total. The molecule has 1 heterocycles. The van der Waals surface area contributed by atoms with Crippen LogP contribution in [-0.2, 0) is 9.53 Å². The third-order valence-corrected chi connectivity index (χ3v) is 4.71. The number of esters is 1. The van der Waals surface area contributed by atoms with E-state index in [1.807, 2.05) is 24.3 Å². The summed E-state index contributed by atoms with van der Waals surface area (Å²) in [6.45, 7) is 1.06. The van der Waals surface area contributed by atoms with Crippen molar-refractivity contribution in [1.82, 2.24) is 0 Å². The molecular weight excluding hydrogens is 389 g/mol. The zero-order valence-electron chi connectivity index (χ0n) is 16.3. The summed E-state index contributed by atoms with van der Waals surface area (Å²) in [5.41, 5.74) is 2.13. The molecule has 0 atom stereocenters. The van der Waals surface area contributed by atoms with Gasteiger partial charge in [0.1, 0.15) is 22.7 Å². The van der Waals surface area contributed by atoms with Crippen LogP contribution in [0.2, 0.25) is 0 Å². The molecular formula is C23H18FNO5. The molecule has 0 unspecified atom stereocenters. The smallest absolute Gasteiger partial charge is 0.338 e. The van der Waals surface area contributed by atoms with Crippen LogP contribution in [0.4, 0.5) is 10.1 Å². The first-order valence-corrected chi connectivity index (χ1v) is 9.18. The largest absolute Gasteiger partial charge is 0.495 e. The van der Waals surface area contributed by atoms with Crippen LogP contribution < -0.4 is 10.1 Å². The monoisotopic (exact) mass is 407 g/mol. The van der Waals surface area contributed by atoms with Crippen LogP contribution in [0.15, 0.2) is 59.0 Å². The maximum Gasteiger partial charge on any atom is 0.338 e. The number of aryl methyl sites for hydroxylation is 1. The molecule has 152 valence electrons. The van der Waals surface area contributed by atoms with E-state index in [1.165, 1.54) is 19.2 Å². The number of furan rings is 1. The number of hydrogen-bond acceptors (Lipinski definition) is 5. The van der Waals surface area contributed by atoms with Gasteiger partial charge in [0.05, 0.1) is 18.4 Å². The number of fused-ring (bicyclic) bond motifs is 3. The lowest BCUT2D eigenvalue weighted by atomic mass is 10.1. The molecule has 30 heavy (non-hydrogen) atoms. The molecule has 3 aromatic carbocycles. The Balaban J connectivity index is 1.50. The Morgan fingerprint density at radius 2 is 1.83 bits per heavy atom. The van der Waals surface area contributed by atoms with E-state index < -0.39 is 24.3 Å². The number of methoxy groups -OCH3 is 1. The molecule has 0 bridgehead atoms. The Morgan fingerprint density at radius 1 is 1.03 bits per heavy atom. The summed E-state index contributed by atoms with van der Waals surface area (Å²) >= 11 is 0. The molecule has 4 rings (SSSR count). The summed E-state index contributed by atoms with van der Waals surface area (Å²) in [5.74, 6) is -1.43. The molecule has 0 fully saturated rings. The number of benzene rings is 3. The third-order valence-electron chi connectivity index (χ3n) is 4.71. The van der Waals surface area contributed by atoms with Gasteiger partial charge in [0.15, 0.2) is 6.61 Å². The van der Waals surface area contributed by atoms with Gasteiger partial charge < -0.3 is 19.2 Å². The summed E-state index contributed by atoms with van der Waals surface area (Å²) in [4.78, 5) is 24.4. The van der Waals surface area contributed by atoms with Crippen LogP contribution in [-0.4, -0.2) is 25.6 Å². The molecule has 0 saturated carbocycles. The third kappa shape index (κ3) is 3.69. The Kier molecular flexibility index (Phi) is 5.10. The zero-order valence-corrected chi connectivity index (χ0v) is 16.3. The predicted octanol–water partition coefficient (Wildman–Crippen LogP) is 4.84. The van der Waals surface area contributed by atoms with Gasteiger partial charge in [-0.1, -0.05) is 24.3 Å². The van der Waals surface area contributed by atoms with Gasteiger partial charge >= 0.3 is 5.97 Å². The number of amides is 1. The lowest BCUT2D eigenvalue weighted by Gasteiger charge is -2.11. The minimum atomic E-state index is -0.788. The Labute approximate surface area is 171 Å². The van der Waals surface area contributed by atoms with Crippen molar-refractivity contribution in [3.05, 3.63) is 71.5 Å². The summed E-state index contributed by atoms with van der Waals surface area (Å²) in [6.07, 6.45) is 0. The lowest BCUT2D eigenvalue weighted by molar-refractivity contribution is -0.119. The number of nitrogens with one attached hydrogen (secondary N) is 1.